The minimum atomic E-state index is -0.668. The molecule has 0 amide bonds. The zero-order valence-electron chi connectivity index (χ0n) is 14.2. The quantitative estimate of drug-likeness (QED) is 0.404. The van der Waals surface area contributed by atoms with Gasteiger partial charge in [0, 0.05) is 10.8 Å². The predicted molar refractivity (Wildman–Crippen MR) is 98.7 cm³/mol. The van der Waals surface area contributed by atoms with Crippen LogP contribution in [0.1, 0.15) is 22.8 Å². The summed E-state index contributed by atoms with van der Waals surface area (Å²) in [5.74, 6) is -0.369. The van der Waals surface area contributed by atoms with E-state index in [0.29, 0.717) is 27.7 Å². The maximum atomic E-state index is 12.4. The van der Waals surface area contributed by atoms with Crippen molar-refractivity contribution in [2.75, 3.05) is 0 Å². The smallest absolute Gasteiger partial charge is 0.347 e. The first kappa shape index (κ1) is 16.0. The van der Waals surface area contributed by atoms with E-state index in [4.69, 9.17) is 8.83 Å². The van der Waals surface area contributed by atoms with Crippen molar-refractivity contribution in [3.05, 3.63) is 80.5 Å². The fourth-order valence-electron chi connectivity index (χ4n) is 2.98. The SMILES string of the molecule is CC(=O)c1cc2cc(-c3cc4cc(C)ccc4oc3=O)ccc2oc1=O. The van der Waals surface area contributed by atoms with E-state index < -0.39 is 11.3 Å². The fourth-order valence-corrected chi connectivity index (χ4v) is 2.98. The van der Waals surface area contributed by atoms with Gasteiger partial charge >= 0.3 is 11.3 Å². The van der Waals surface area contributed by atoms with E-state index in [2.05, 4.69) is 0 Å². The highest BCUT2D eigenvalue weighted by molar-refractivity contribution is 5.97. The molecule has 0 unspecified atom stereocenters. The van der Waals surface area contributed by atoms with E-state index in [1.807, 2.05) is 19.1 Å². The average Bonchev–Trinajstić information content (AvgIpc) is 2.60. The van der Waals surface area contributed by atoms with E-state index in [1.165, 1.54) is 13.0 Å². The van der Waals surface area contributed by atoms with Gasteiger partial charge in [-0.1, -0.05) is 17.7 Å². The van der Waals surface area contributed by atoms with Gasteiger partial charge in [-0.05, 0) is 55.8 Å². The molecule has 2 aromatic heterocycles. The Labute approximate surface area is 147 Å². The molecule has 0 saturated heterocycles. The van der Waals surface area contributed by atoms with E-state index >= 15 is 0 Å². The molecule has 4 rings (SSSR count). The fraction of sp³-hybridized carbons (Fsp3) is 0.0952. The Kier molecular flexibility index (Phi) is 3.58. The summed E-state index contributed by atoms with van der Waals surface area (Å²) in [5.41, 5.74) is 1.82. The van der Waals surface area contributed by atoms with E-state index in [9.17, 15) is 14.4 Å². The van der Waals surface area contributed by atoms with Gasteiger partial charge in [0.2, 0.25) is 0 Å². The second-order valence-corrected chi connectivity index (χ2v) is 6.25. The monoisotopic (exact) mass is 346 g/mol. The molecule has 0 aliphatic heterocycles. The lowest BCUT2D eigenvalue weighted by atomic mass is 10.0. The van der Waals surface area contributed by atoms with Crippen molar-refractivity contribution in [1.29, 1.82) is 0 Å². The van der Waals surface area contributed by atoms with E-state index in [1.54, 1.807) is 30.3 Å². The van der Waals surface area contributed by atoms with Crippen LogP contribution in [0.15, 0.2) is 67.0 Å². The summed E-state index contributed by atoms with van der Waals surface area (Å²) in [4.78, 5) is 35.8. The normalized spacial score (nSPS) is 11.2. The summed E-state index contributed by atoms with van der Waals surface area (Å²) in [6.45, 7) is 3.27. The third kappa shape index (κ3) is 2.63. The van der Waals surface area contributed by atoms with Crippen molar-refractivity contribution < 1.29 is 13.6 Å². The number of hydrogen-bond donors (Lipinski definition) is 0. The number of benzene rings is 2. The molecule has 0 bridgehead atoms. The number of Topliss-reactive ketones (excluding diaryl/α,β-unsaturated/α-hetero) is 1. The van der Waals surface area contributed by atoms with Gasteiger partial charge < -0.3 is 8.83 Å². The molecule has 0 radical (unpaired) electrons. The molecule has 4 aromatic rings. The Morgan fingerprint density at radius 3 is 2.19 bits per heavy atom. The van der Waals surface area contributed by atoms with Crippen molar-refractivity contribution in [3.63, 3.8) is 0 Å². The van der Waals surface area contributed by atoms with Crippen LogP contribution in [0.4, 0.5) is 0 Å². The van der Waals surface area contributed by atoms with Gasteiger partial charge in [0.1, 0.15) is 16.7 Å². The Hall–Kier alpha value is -3.47. The molecule has 2 aromatic carbocycles. The third-order valence-electron chi connectivity index (χ3n) is 4.31. The van der Waals surface area contributed by atoms with Crippen LogP contribution >= 0.6 is 0 Å². The number of carbonyl (C=O) groups is 1. The molecule has 0 N–H and O–H groups in total. The van der Waals surface area contributed by atoms with Crippen LogP contribution in [0.2, 0.25) is 0 Å². The van der Waals surface area contributed by atoms with Gasteiger partial charge in [-0.3, -0.25) is 4.79 Å². The van der Waals surface area contributed by atoms with Crippen molar-refractivity contribution in [2.24, 2.45) is 0 Å². The lowest BCUT2D eigenvalue weighted by Crippen LogP contribution is -2.11. The summed E-state index contributed by atoms with van der Waals surface area (Å²) in [5, 5.41) is 1.39. The van der Waals surface area contributed by atoms with Crippen LogP contribution in [0.3, 0.4) is 0 Å². The number of aryl methyl sites for hydroxylation is 1. The Morgan fingerprint density at radius 1 is 0.808 bits per heavy atom. The predicted octanol–water partition coefficient (Wildman–Crippen LogP) is 4.08. The van der Waals surface area contributed by atoms with Gasteiger partial charge in [0.05, 0.1) is 5.56 Å². The molecule has 5 heteroatoms. The van der Waals surface area contributed by atoms with Crippen LogP contribution in [-0.2, 0) is 0 Å². The van der Waals surface area contributed by atoms with Gasteiger partial charge in [0.15, 0.2) is 5.78 Å². The molecular formula is C21H14O5. The van der Waals surface area contributed by atoms with Crippen molar-refractivity contribution >= 4 is 27.7 Å². The molecular weight excluding hydrogens is 332 g/mol. The first-order valence-corrected chi connectivity index (χ1v) is 8.06. The standard InChI is InChI=1S/C21H14O5/c1-11-3-5-18-14(7-11)10-17(21(24)26-18)13-4-6-19-15(8-13)9-16(12(2)22)20(23)25-19/h3-10H,1-2H3. The van der Waals surface area contributed by atoms with Crippen molar-refractivity contribution in [3.8, 4) is 11.1 Å². The highest BCUT2D eigenvalue weighted by atomic mass is 16.4. The summed E-state index contributed by atoms with van der Waals surface area (Å²) in [6.07, 6.45) is 0. The topological polar surface area (TPSA) is 77.5 Å². The van der Waals surface area contributed by atoms with E-state index in [-0.39, 0.29) is 11.3 Å². The zero-order valence-corrected chi connectivity index (χ0v) is 14.2. The Balaban J connectivity index is 1.96. The minimum Gasteiger partial charge on any atom is -0.422 e. The molecule has 128 valence electrons. The third-order valence-corrected chi connectivity index (χ3v) is 4.31. The second kappa shape index (κ2) is 5.81. The number of fused-ring (bicyclic) bond motifs is 2. The maximum absolute atomic E-state index is 12.4. The maximum Gasteiger partial charge on any atom is 0.347 e. The van der Waals surface area contributed by atoms with Crippen LogP contribution in [0.5, 0.6) is 0 Å². The lowest BCUT2D eigenvalue weighted by molar-refractivity contribution is 0.101. The molecule has 0 fully saturated rings. The van der Waals surface area contributed by atoms with Gasteiger partial charge in [-0.2, -0.15) is 0 Å². The minimum absolute atomic E-state index is 0.0178. The molecule has 0 aliphatic rings. The molecule has 0 aliphatic carbocycles. The van der Waals surface area contributed by atoms with Crippen molar-refractivity contribution in [1.82, 2.24) is 0 Å². The lowest BCUT2D eigenvalue weighted by Gasteiger charge is -2.05. The summed E-state index contributed by atoms with van der Waals surface area (Å²) in [6, 6.07) is 13.9. The molecule has 0 spiro atoms. The molecule has 5 nitrogen and oxygen atoms in total. The van der Waals surface area contributed by atoms with Crippen LogP contribution < -0.4 is 11.3 Å². The van der Waals surface area contributed by atoms with Gasteiger partial charge in [0.25, 0.3) is 0 Å². The van der Waals surface area contributed by atoms with Crippen molar-refractivity contribution in [2.45, 2.75) is 13.8 Å². The summed E-state index contributed by atoms with van der Waals surface area (Å²) in [7, 11) is 0. The highest BCUT2D eigenvalue weighted by Gasteiger charge is 2.12. The molecule has 2 heterocycles. The average molecular weight is 346 g/mol. The Morgan fingerprint density at radius 2 is 1.46 bits per heavy atom. The largest absolute Gasteiger partial charge is 0.422 e. The van der Waals surface area contributed by atoms with Crippen LogP contribution in [-0.4, -0.2) is 5.78 Å². The van der Waals surface area contributed by atoms with Gasteiger partial charge in [-0.15, -0.1) is 0 Å². The van der Waals surface area contributed by atoms with E-state index in [0.717, 1.165) is 10.9 Å². The first-order valence-electron chi connectivity index (χ1n) is 8.06. The number of hydrogen-bond acceptors (Lipinski definition) is 5. The summed E-state index contributed by atoms with van der Waals surface area (Å²) >= 11 is 0. The number of carbonyl (C=O) groups excluding carboxylic acids is 1. The first-order chi connectivity index (χ1) is 12.4. The van der Waals surface area contributed by atoms with Crippen LogP contribution in [0.25, 0.3) is 33.1 Å². The summed E-state index contributed by atoms with van der Waals surface area (Å²) < 4.78 is 10.6. The molecule has 26 heavy (non-hydrogen) atoms. The number of ketones is 1. The highest BCUT2D eigenvalue weighted by Crippen LogP contribution is 2.25. The Bertz CT molecular complexity index is 1310. The number of rotatable bonds is 2. The molecule has 0 atom stereocenters. The second-order valence-electron chi connectivity index (χ2n) is 6.25. The van der Waals surface area contributed by atoms with Gasteiger partial charge in [-0.25, -0.2) is 9.59 Å². The zero-order chi connectivity index (χ0) is 18.4. The molecule has 0 saturated carbocycles. The van der Waals surface area contributed by atoms with Crippen LogP contribution in [0, 0.1) is 6.92 Å².